The third kappa shape index (κ3) is 2.82. The maximum Gasteiger partial charge on any atom is 0.163 e. The first-order chi connectivity index (χ1) is 8.16. The van der Waals surface area contributed by atoms with Gasteiger partial charge in [0.1, 0.15) is 11.5 Å². The lowest BCUT2D eigenvalue weighted by Crippen LogP contribution is -1.96. The van der Waals surface area contributed by atoms with Crippen LogP contribution >= 0.6 is 11.6 Å². The molecule has 1 heterocycles. The van der Waals surface area contributed by atoms with Crippen molar-refractivity contribution in [2.75, 3.05) is 0 Å². The second-order valence-electron chi connectivity index (χ2n) is 3.49. The molecule has 3 nitrogen and oxygen atoms in total. The molecular formula is C13H10ClNO2. The lowest BCUT2D eigenvalue weighted by Gasteiger charge is -2.08. The van der Waals surface area contributed by atoms with E-state index in [0.29, 0.717) is 22.1 Å². The van der Waals surface area contributed by atoms with Crippen LogP contribution in [0.4, 0.5) is 0 Å². The SMILES string of the molecule is CC(=O)c1ccccc1Oc1cncc(Cl)c1. The van der Waals surface area contributed by atoms with Crippen molar-refractivity contribution in [3.63, 3.8) is 0 Å². The Morgan fingerprint density at radius 2 is 2.06 bits per heavy atom. The molecule has 0 aliphatic carbocycles. The molecule has 4 heteroatoms. The number of halogens is 1. The summed E-state index contributed by atoms with van der Waals surface area (Å²) in [5.41, 5.74) is 0.535. The molecule has 0 N–H and O–H groups in total. The van der Waals surface area contributed by atoms with Crippen molar-refractivity contribution < 1.29 is 9.53 Å². The Morgan fingerprint density at radius 1 is 1.29 bits per heavy atom. The lowest BCUT2D eigenvalue weighted by molar-refractivity contribution is 0.101. The van der Waals surface area contributed by atoms with Gasteiger partial charge in [-0.05, 0) is 19.1 Å². The van der Waals surface area contributed by atoms with E-state index in [1.54, 1.807) is 36.5 Å². The Hall–Kier alpha value is -1.87. The number of hydrogen-bond donors (Lipinski definition) is 0. The molecule has 0 aliphatic heterocycles. The van der Waals surface area contributed by atoms with Gasteiger partial charge in [0.2, 0.25) is 0 Å². The molecule has 1 aromatic heterocycles. The van der Waals surface area contributed by atoms with Crippen LogP contribution in [-0.4, -0.2) is 10.8 Å². The zero-order chi connectivity index (χ0) is 12.3. The molecule has 0 saturated heterocycles. The van der Waals surface area contributed by atoms with Gasteiger partial charge in [0.05, 0.1) is 16.8 Å². The highest BCUT2D eigenvalue weighted by Gasteiger charge is 2.08. The fourth-order valence-corrected chi connectivity index (χ4v) is 1.59. The number of carbonyl (C=O) groups excluding carboxylic acids is 1. The number of benzene rings is 1. The van der Waals surface area contributed by atoms with E-state index >= 15 is 0 Å². The van der Waals surface area contributed by atoms with Crippen molar-refractivity contribution in [1.82, 2.24) is 4.98 Å². The van der Waals surface area contributed by atoms with Gasteiger partial charge in [-0.1, -0.05) is 23.7 Å². The molecule has 86 valence electrons. The Morgan fingerprint density at radius 3 is 2.76 bits per heavy atom. The van der Waals surface area contributed by atoms with Gasteiger partial charge in [0.15, 0.2) is 5.78 Å². The number of carbonyl (C=O) groups is 1. The topological polar surface area (TPSA) is 39.2 Å². The molecule has 0 atom stereocenters. The van der Waals surface area contributed by atoms with E-state index in [9.17, 15) is 4.79 Å². The summed E-state index contributed by atoms with van der Waals surface area (Å²) in [6.45, 7) is 1.50. The van der Waals surface area contributed by atoms with Crippen LogP contribution < -0.4 is 4.74 Å². The Kier molecular flexibility index (Phi) is 3.40. The van der Waals surface area contributed by atoms with Crippen molar-refractivity contribution in [3.05, 3.63) is 53.3 Å². The van der Waals surface area contributed by atoms with Gasteiger partial charge in [-0.3, -0.25) is 9.78 Å². The fraction of sp³-hybridized carbons (Fsp3) is 0.0769. The zero-order valence-corrected chi connectivity index (χ0v) is 9.94. The molecular weight excluding hydrogens is 238 g/mol. The Balaban J connectivity index is 2.33. The molecule has 0 unspecified atom stereocenters. The van der Waals surface area contributed by atoms with E-state index < -0.39 is 0 Å². The Bertz CT molecular complexity index is 555. The number of nitrogens with zero attached hydrogens (tertiary/aromatic N) is 1. The van der Waals surface area contributed by atoms with Gasteiger partial charge in [0.25, 0.3) is 0 Å². The maximum atomic E-state index is 11.4. The largest absolute Gasteiger partial charge is 0.455 e. The smallest absolute Gasteiger partial charge is 0.163 e. The lowest BCUT2D eigenvalue weighted by atomic mass is 10.1. The molecule has 0 fully saturated rings. The summed E-state index contributed by atoms with van der Waals surface area (Å²) in [5.74, 6) is 0.964. The summed E-state index contributed by atoms with van der Waals surface area (Å²) in [6, 6.07) is 8.69. The fourth-order valence-electron chi connectivity index (χ4n) is 1.42. The van der Waals surface area contributed by atoms with Gasteiger partial charge >= 0.3 is 0 Å². The first kappa shape index (κ1) is 11.6. The summed E-state index contributed by atoms with van der Waals surface area (Å²) in [6.07, 6.45) is 3.06. The third-order valence-corrected chi connectivity index (χ3v) is 2.38. The van der Waals surface area contributed by atoms with E-state index in [4.69, 9.17) is 16.3 Å². The highest BCUT2D eigenvalue weighted by molar-refractivity contribution is 6.30. The van der Waals surface area contributed by atoms with E-state index in [2.05, 4.69) is 4.98 Å². The molecule has 17 heavy (non-hydrogen) atoms. The van der Waals surface area contributed by atoms with Crippen LogP contribution in [0.5, 0.6) is 11.5 Å². The molecule has 0 bridgehead atoms. The maximum absolute atomic E-state index is 11.4. The van der Waals surface area contributed by atoms with Crippen molar-refractivity contribution in [2.24, 2.45) is 0 Å². The number of aromatic nitrogens is 1. The van der Waals surface area contributed by atoms with Gasteiger partial charge in [-0.25, -0.2) is 0 Å². The molecule has 0 aliphatic rings. The van der Waals surface area contributed by atoms with E-state index in [0.717, 1.165) is 0 Å². The number of hydrogen-bond acceptors (Lipinski definition) is 3. The van der Waals surface area contributed by atoms with Gasteiger partial charge in [-0.15, -0.1) is 0 Å². The van der Waals surface area contributed by atoms with Crippen LogP contribution in [0.3, 0.4) is 0 Å². The quantitative estimate of drug-likeness (QED) is 0.776. The first-order valence-corrected chi connectivity index (χ1v) is 5.43. The van der Waals surface area contributed by atoms with Crippen LogP contribution in [0.2, 0.25) is 5.02 Å². The number of para-hydroxylation sites is 1. The monoisotopic (exact) mass is 247 g/mol. The van der Waals surface area contributed by atoms with E-state index in [1.807, 2.05) is 0 Å². The van der Waals surface area contributed by atoms with Crippen LogP contribution in [0, 0.1) is 0 Å². The predicted octanol–water partition coefficient (Wildman–Crippen LogP) is 3.73. The van der Waals surface area contributed by atoms with Crippen molar-refractivity contribution in [1.29, 1.82) is 0 Å². The summed E-state index contributed by atoms with van der Waals surface area (Å²) in [4.78, 5) is 15.3. The van der Waals surface area contributed by atoms with Crippen molar-refractivity contribution >= 4 is 17.4 Å². The molecule has 1 aromatic carbocycles. The summed E-state index contributed by atoms with van der Waals surface area (Å²) in [7, 11) is 0. The standard InChI is InChI=1S/C13H10ClNO2/c1-9(16)12-4-2-3-5-13(12)17-11-6-10(14)7-15-8-11/h2-8H,1H3. The van der Waals surface area contributed by atoms with Crippen LogP contribution in [0.25, 0.3) is 0 Å². The van der Waals surface area contributed by atoms with Crippen LogP contribution in [-0.2, 0) is 0 Å². The summed E-state index contributed by atoms with van der Waals surface area (Å²) in [5, 5.41) is 0.489. The molecule has 2 rings (SSSR count). The molecule has 0 radical (unpaired) electrons. The predicted molar refractivity (Wildman–Crippen MR) is 65.8 cm³/mol. The highest BCUT2D eigenvalue weighted by Crippen LogP contribution is 2.26. The number of rotatable bonds is 3. The molecule has 2 aromatic rings. The van der Waals surface area contributed by atoms with E-state index in [-0.39, 0.29) is 5.78 Å². The number of ether oxygens (including phenoxy) is 1. The minimum Gasteiger partial charge on any atom is -0.455 e. The van der Waals surface area contributed by atoms with Crippen molar-refractivity contribution in [2.45, 2.75) is 6.92 Å². The number of Topliss-reactive ketones (excluding diaryl/α,β-unsaturated/α-hetero) is 1. The molecule has 0 amide bonds. The van der Waals surface area contributed by atoms with Crippen LogP contribution in [0.15, 0.2) is 42.7 Å². The molecule has 0 spiro atoms. The van der Waals surface area contributed by atoms with Gasteiger partial charge < -0.3 is 4.74 Å². The first-order valence-electron chi connectivity index (χ1n) is 5.05. The average Bonchev–Trinajstić information content (AvgIpc) is 2.29. The summed E-state index contributed by atoms with van der Waals surface area (Å²) >= 11 is 5.80. The molecule has 0 saturated carbocycles. The van der Waals surface area contributed by atoms with Crippen LogP contribution in [0.1, 0.15) is 17.3 Å². The van der Waals surface area contributed by atoms with Gasteiger partial charge in [-0.2, -0.15) is 0 Å². The van der Waals surface area contributed by atoms with E-state index in [1.165, 1.54) is 13.1 Å². The van der Waals surface area contributed by atoms with Gasteiger partial charge in [0, 0.05) is 12.3 Å². The number of pyridine rings is 1. The van der Waals surface area contributed by atoms with Crippen molar-refractivity contribution in [3.8, 4) is 11.5 Å². The number of ketones is 1. The second kappa shape index (κ2) is 4.97. The normalized spacial score (nSPS) is 10.0. The minimum absolute atomic E-state index is 0.0458. The Labute approximate surface area is 104 Å². The second-order valence-corrected chi connectivity index (χ2v) is 3.93. The highest BCUT2D eigenvalue weighted by atomic mass is 35.5. The summed E-state index contributed by atoms with van der Waals surface area (Å²) < 4.78 is 5.58. The third-order valence-electron chi connectivity index (χ3n) is 2.17. The average molecular weight is 248 g/mol. The zero-order valence-electron chi connectivity index (χ0n) is 9.18. The minimum atomic E-state index is -0.0458.